The van der Waals surface area contributed by atoms with Crippen molar-refractivity contribution in [3.8, 4) is 5.75 Å². The van der Waals surface area contributed by atoms with E-state index in [1.54, 1.807) is 12.1 Å². The molecule has 2 nitrogen and oxygen atoms in total. The molecule has 20 heavy (non-hydrogen) atoms. The van der Waals surface area contributed by atoms with Crippen molar-refractivity contribution in [3.05, 3.63) is 63.9 Å². The summed E-state index contributed by atoms with van der Waals surface area (Å²) >= 11 is 5.98. The Morgan fingerprint density at radius 1 is 1.30 bits per heavy atom. The first-order valence-electron chi connectivity index (χ1n) is 6.41. The summed E-state index contributed by atoms with van der Waals surface area (Å²) in [6.07, 6.45) is 0. The minimum atomic E-state index is -0.368. The van der Waals surface area contributed by atoms with Crippen molar-refractivity contribution in [2.24, 2.45) is 5.73 Å². The number of aryl methyl sites for hydroxylation is 1. The summed E-state index contributed by atoms with van der Waals surface area (Å²) in [4.78, 5) is 0. The van der Waals surface area contributed by atoms with E-state index in [0.29, 0.717) is 16.3 Å². The van der Waals surface area contributed by atoms with Gasteiger partial charge in [-0.3, -0.25) is 0 Å². The third kappa shape index (κ3) is 3.30. The Bertz CT molecular complexity index is 593. The van der Waals surface area contributed by atoms with Crippen molar-refractivity contribution in [2.45, 2.75) is 26.5 Å². The fourth-order valence-electron chi connectivity index (χ4n) is 1.96. The number of benzene rings is 2. The van der Waals surface area contributed by atoms with Gasteiger partial charge >= 0.3 is 0 Å². The number of halogens is 2. The van der Waals surface area contributed by atoms with E-state index in [1.807, 2.05) is 32.0 Å². The first-order chi connectivity index (χ1) is 9.49. The van der Waals surface area contributed by atoms with E-state index in [9.17, 15) is 4.39 Å². The molecule has 0 heterocycles. The number of nitrogens with two attached hydrogens (primary N) is 1. The average molecular weight is 294 g/mol. The standard InChI is InChI=1S/C16H17ClFNO/c1-10-6-7-12(11(2)19)16(8-10)20-9-13-14(17)4-3-5-15(13)18/h3-8,11H,9,19H2,1-2H3. The number of hydrogen-bond donors (Lipinski definition) is 1. The smallest absolute Gasteiger partial charge is 0.131 e. The predicted octanol–water partition coefficient (Wildman–Crippen LogP) is 4.39. The van der Waals surface area contributed by atoms with Crippen LogP contribution >= 0.6 is 11.6 Å². The molecule has 0 aliphatic rings. The van der Waals surface area contributed by atoms with Crippen LogP contribution in [0.5, 0.6) is 5.75 Å². The molecule has 2 rings (SSSR count). The minimum absolute atomic E-state index is 0.0781. The highest BCUT2D eigenvalue weighted by Crippen LogP contribution is 2.27. The fourth-order valence-corrected chi connectivity index (χ4v) is 2.18. The zero-order chi connectivity index (χ0) is 14.7. The zero-order valence-electron chi connectivity index (χ0n) is 11.5. The van der Waals surface area contributed by atoms with Gasteiger partial charge in [-0.2, -0.15) is 0 Å². The van der Waals surface area contributed by atoms with Crippen LogP contribution in [0.25, 0.3) is 0 Å². The SMILES string of the molecule is Cc1ccc(C(C)N)c(OCc2c(F)cccc2Cl)c1. The summed E-state index contributed by atoms with van der Waals surface area (Å²) < 4.78 is 19.4. The van der Waals surface area contributed by atoms with Gasteiger partial charge in [0.25, 0.3) is 0 Å². The molecule has 1 atom stereocenters. The lowest BCUT2D eigenvalue weighted by Crippen LogP contribution is -2.09. The fraction of sp³-hybridized carbons (Fsp3) is 0.250. The van der Waals surface area contributed by atoms with Gasteiger partial charge in [-0.05, 0) is 37.6 Å². The molecule has 2 N–H and O–H groups in total. The summed E-state index contributed by atoms with van der Waals surface area (Å²) in [6.45, 7) is 3.93. The van der Waals surface area contributed by atoms with Crippen molar-refractivity contribution in [1.29, 1.82) is 0 Å². The highest BCUT2D eigenvalue weighted by molar-refractivity contribution is 6.31. The van der Waals surface area contributed by atoms with Gasteiger partial charge in [-0.15, -0.1) is 0 Å². The molecule has 0 fully saturated rings. The molecule has 2 aromatic rings. The molecule has 0 aliphatic heterocycles. The lowest BCUT2D eigenvalue weighted by molar-refractivity contribution is 0.295. The molecule has 0 saturated carbocycles. The minimum Gasteiger partial charge on any atom is -0.488 e. The molecule has 0 radical (unpaired) electrons. The van der Waals surface area contributed by atoms with Crippen molar-refractivity contribution in [1.82, 2.24) is 0 Å². The first-order valence-corrected chi connectivity index (χ1v) is 6.78. The van der Waals surface area contributed by atoms with E-state index >= 15 is 0 Å². The van der Waals surface area contributed by atoms with E-state index in [4.69, 9.17) is 22.1 Å². The Hall–Kier alpha value is -1.58. The summed E-state index contributed by atoms with van der Waals surface area (Å²) in [7, 11) is 0. The Balaban J connectivity index is 2.25. The Morgan fingerprint density at radius 3 is 2.70 bits per heavy atom. The maximum absolute atomic E-state index is 13.7. The van der Waals surface area contributed by atoms with Crippen molar-refractivity contribution in [2.75, 3.05) is 0 Å². The molecule has 4 heteroatoms. The van der Waals surface area contributed by atoms with Crippen molar-refractivity contribution < 1.29 is 9.13 Å². The van der Waals surface area contributed by atoms with E-state index < -0.39 is 0 Å². The van der Waals surface area contributed by atoms with Gasteiger partial charge in [-0.1, -0.05) is 29.8 Å². The molecule has 0 saturated heterocycles. The molecular weight excluding hydrogens is 277 g/mol. The van der Waals surface area contributed by atoms with Crippen LogP contribution in [0.15, 0.2) is 36.4 Å². The van der Waals surface area contributed by atoms with Gasteiger partial charge in [0.05, 0.1) is 5.02 Å². The zero-order valence-corrected chi connectivity index (χ0v) is 12.2. The number of rotatable bonds is 4. The van der Waals surface area contributed by atoms with Gasteiger partial charge in [0, 0.05) is 17.2 Å². The summed E-state index contributed by atoms with van der Waals surface area (Å²) in [5, 5.41) is 0.361. The lowest BCUT2D eigenvalue weighted by Gasteiger charge is -2.15. The quantitative estimate of drug-likeness (QED) is 0.907. The molecule has 0 aliphatic carbocycles. The van der Waals surface area contributed by atoms with Crippen LogP contribution in [-0.4, -0.2) is 0 Å². The monoisotopic (exact) mass is 293 g/mol. The topological polar surface area (TPSA) is 35.2 Å². The third-order valence-electron chi connectivity index (χ3n) is 3.09. The third-order valence-corrected chi connectivity index (χ3v) is 3.45. The largest absolute Gasteiger partial charge is 0.488 e. The molecule has 0 amide bonds. The van der Waals surface area contributed by atoms with E-state index in [1.165, 1.54) is 6.07 Å². The maximum atomic E-state index is 13.7. The summed E-state index contributed by atoms with van der Waals surface area (Å²) in [5.41, 5.74) is 8.22. The number of hydrogen-bond acceptors (Lipinski definition) is 2. The molecule has 2 aromatic carbocycles. The molecular formula is C16H17ClFNO. The maximum Gasteiger partial charge on any atom is 0.131 e. The van der Waals surface area contributed by atoms with Gasteiger partial charge in [0.2, 0.25) is 0 Å². The molecule has 1 unspecified atom stereocenters. The highest BCUT2D eigenvalue weighted by atomic mass is 35.5. The molecule has 0 aromatic heterocycles. The van der Waals surface area contributed by atoms with Crippen LogP contribution in [0.4, 0.5) is 4.39 Å². The van der Waals surface area contributed by atoms with Crippen LogP contribution < -0.4 is 10.5 Å². The Labute approximate surface area is 123 Å². The van der Waals surface area contributed by atoms with Crippen LogP contribution in [0, 0.1) is 12.7 Å². The van der Waals surface area contributed by atoms with Gasteiger partial charge in [0.1, 0.15) is 18.2 Å². The van der Waals surface area contributed by atoms with Gasteiger partial charge in [-0.25, -0.2) is 4.39 Å². The van der Waals surface area contributed by atoms with Crippen LogP contribution in [-0.2, 0) is 6.61 Å². The average Bonchev–Trinajstić information content (AvgIpc) is 2.37. The van der Waals surface area contributed by atoms with Gasteiger partial charge in [0.15, 0.2) is 0 Å². The second-order valence-corrected chi connectivity index (χ2v) is 5.23. The predicted molar refractivity (Wildman–Crippen MR) is 79.5 cm³/mol. The van der Waals surface area contributed by atoms with Crippen molar-refractivity contribution >= 4 is 11.6 Å². The Kier molecular flexibility index (Phi) is 4.63. The van der Waals surface area contributed by atoms with E-state index in [2.05, 4.69) is 0 Å². The highest BCUT2D eigenvalue weighted by Gasteiger charge is 2.11. The first kappa shape index (κ1) is 14.8. The van der Waals surface area contributed by atoms with Gasteiger partial charge < -0.3 is 10.5 Å². The molecule has 0 spiro atoms. The molecule has 106 valence electrons. The normalized spacial score (nSPS) is 12.2. The molecule has 0 bridgehead atoms. The lowest BCUT2D eigenvalue weighted by atomic mass is 10.1. The number of ether oxygens (including phenoxy) is 1. The van der Waals surface area contributed by atoms with Crippen LogP contribution in [0.2, 0.25) is 5.02 Å². The van der Waals surface area contributed by atoms with E-state index in [0.717, 1.165) is 11.1 Å². The Morgan fingerprint density at radius 2 is 2.05 bits per heavy atom. The van der Waals surface area contributed by atoms with Crippen LogP contribution in [0.3, 0.4) is 0 Å². The second-order valence-electron chi connectivity index (χ2n) is 4.82. The van der Waals surface area contributed by atoms with Crippen LogP contribution in [0.1, 0.15) is 29.7 Å². The summed E-state index contributed by atoms with van der Waals surface area (Å²) in [5.74, 6) is 0.298. The summed E-state index contributed by atoms with van der Waals surface area (Å²) in [6, 6.07) is 10.2. The van der Waals surface area contributed by atoms with Crippen molar-refractivity contribution in [3.63, 3.8) is 0 Å². The second kappa shape index (κ2) is 6.25. The van der Waals surface area contributed by atoms with E-state index in [-0.39, 0.29) is 18.5 Å².